The smallest absolute Gasteiger partial charge is 0.410 e. The molecule has 3 aromatic rings. The molecule has 1 saturated heterocycles. The van der Waals surface area contributed by atoms with Gasteiger partial charge in [0, 0.05) is 36.6 Å². The minimum atomic E-state index is -0.582. The van der Waals surface area contributed by atoms with Crippen LogP contribution in [-0.4, -0.2) is 73.1 Å². The van der Waals surface area contributed by atoms with Crippen molar-refractivity contribution >= 4 is 46.2 Å². The molecule has 0 spiro atoms. The molecule has 0 radical (unpaired) electrons. The molecule has 2 aromatic heterocycles. The number of halogens is 1. The van der Waals surface area contributed by atoms with Gasteiger partial charge in [-0.15, -0.1) is 11.8 Å². The third-order valence-corrected chi connectivity index (χ3v) is 8.58. The number of hydrogen-bond donors (Lipinski definition) is 0. The predicted octanol–water partition coefficient (Wildman–Crippen LogP) is 4.54. The summed E-state index contributed by atoms with van der Waals surface area (Å²) < 4.78 is 13.3. The van der Waals surface area contributed by atoms with Gasteiger partial charge in [0.15, 0.2) is 0 Å². The summed E-state index contributed by atoms with van der Waals surface area (Å²) in [7, 11) is 0. The maximum atomic E-state index is 13.6. The Balaban J connectivity index is 1.52. The Morgan fingerprint density at radius 1 is 1.13 bits per heavy atom. The van der Waals surface area contributed by atoms with Crippen LogP contribution in [0.4, 0.5) is 10.6 Å². The summed E-state index contributed by atoms with van der Waals surface area (Å²) in [5, 5.41) is 1.46. The second kappa shape index (κ2) is 10.5. The van der Waals surface area contributed by atoms with E-state index < -0.39 is 5.60 Å². The molecule has 0 bridgehead atoms. The first-order valence-corrected chi connectivity index (χ1v) is 14.4. The highest BCUT2D eigenvalue weighted by molar-refractivity contribution is 7.99. The number of amides is 1. The van der Waals surface area contributed by atoms with E-state index in [0.29, 0.717) is 36.2 Å². The fourth-order valence-corrected chi connectivity index (χ4v) is 6.69. The molecule has 208 valence electrons. The van der Waals surface area contributed by atoms with Gasteiger partial charge in [-0.2, -0.15) is 4.98 Å². The molecule has 2 aliphatic heterocycles. The van der Waals surface area contributed by atoms with Gasteiger partial charge in [-0.05, 0) is 59.2 Å². The number of ether oxygens (including phenoxy) is 2. The summed E-state index contributed by atoms with van der Waals surface area (Å²) in [5.41, 5.74) is 0.694. The lowest BCUT2D eigenvalue weighted by Crippen LogP contribution is -2.59. The molecule has 10 nitrogen and oxygen atoms in total. The number of benzene rings is 1. The minimum Gasteiger partial charge on any atom is -0.457 e. The Morgan fingerprint density at radius 2 is 1.79 bits per heavy atom. The normalized spacial score (nSPS) is 21.6. The van der Waals surface area contributed by atoms with Crippen LogP contribution in [0.15, 0.2) is 34.2 Å². The van der Waals surface area contributed by atoms with Crippen LogP contribution >= 0.6 is 23.4 Å². The number of aryl methyl sites for hydroxylation is 1. The van der Waals surface area contributed by atoms with Crippen molar-refractivity contribution < 1.29 is 14.3 Å². The molecule has 1 fully saturated rings. The van der Waals surface area contributed by atoms with E-state index in [9.17, 15) is 9.59 Å². The first-order chi connectivity index (χ1) is 18.4. The van der Waals surface area contributed by atoms with Crippen molar-refractivity contribution in [2.45, 2.75) is 76.8 Å². The third-order valence-electron chi connectivity index (χ3n) is 6.76. The molecule has 0 N–H and O–H groups in total. The van der Waals surface area contributed by atoms with Gasteiger partial charge in [-0.3, -0.25) is 9.47 Å². The molecule has 39 heavy (non-hydrogen) atoms. The van der Waals surface area contributed by atoms with Gasteiger partial charge >= 0.3 is 17.8 Å². The lowest BCUT2D eigenvalue weighted by atomic mass is 10.1. The van der Waals surface area contributed by atoms with Crippen molar-refractivity contribution in [3.8, 4) is 6.01 Å². The number of piperazine rings is 1. The fourth-order valence-electron chi connectivity index (χ4n) is 5.21. The van der Waals surface area contributed by atoms with Gasteiger partial charge in [0.25, 0.3) is 0 Å². The third kappa shape index (κ3) is 5.51. The SMILES string of the molecule is Cc1cc2c(N3C[C@@H](C)N(C(=O)OC(C)(C)C)[C@@H](C)C3)nc(=O)n3c2c(c1Cl)SC[C@@H](Oc1ncccn1)C3. The van der Waals surface area contributed by atoms with Crippen LogP contribution in [-0.2, 0) is 11.3 Å². The van der Waals surface area contributed by atoms with Gasteiger partial charge in [-0.25, -0.2) is 19.6 Å². The Labute approximate surface area is 236 Å². The number of hydrogen-bond acceptors (Lipinski definition) is 9. The van der Waals surface area contributed by atoms with E-state index >= 15 is 0 Å². The maximum absolute atomic E-state index is 13.6. The number of anilines is 1. The van der Waals surface area contributed by atoms with Crippen LogP contribution in [0.2, 0.25) is 5.02 Å². The lowest BCUT2D eigenvalue weighted by molar-refractivity contribution is 0.00562. The molecule has 1 aromatic carbocycles. The molecule has 12 heteroatoms. The first-order valence-electron chi connectivity index (χ1n) is 13.0. The molecular formula is C27H33ClN6O4S. The van der Waals surface area contributed by atoms with Crippen molar-refractivity contribution in [1.82, 2.24) is 24.4 Å². The molecule has 5 rings (SSSR count). The van der Waals surface area contributed by atoms with Crippen LogP contribution in [0.25, 0.3) is 10.9 Å². The summed E-state index contributed by atoms with van der Waals surface area (Å²) in [6.07, 6.45) is 2.54. The van der Waals surface area contributed by atoms with E-state index in [0.717, 1.165) is 21.4 Å². The Kier molecular flexibility index (Phi) is 7.41. The molecule has 0 aliphatic carbocycles. The summed E-state index contributed by atoms with van der Waals surface area (Å²) in [6, 6.07) is 3.68. The van der Waals surface area contributed by atoms with Crippen molar-refractivity contribution in [1.29, 1.82) is 0 Å². The Bertz CT molecular complexity index is 1450. The zero-order chi connectivity index (χ0) is 28.1. The summed E-state index contributed by atoms with van der Waals surface area (Å²) in [4.78, 5) is 44.1. The summed E-state index contributed by atoms with van der Waals surface area (Å²) >= 11 is 8.37. The first kappa shape index (κ1) is 27.5. The van der Waals surface area contributed by atoms with E-state index in [2.05, 4.69) is 19.9 Å². The van der Waals surface area contributed by atoms with E-state index in [1.54, 1.807) is 39.7 Å². The number of thioether (sulfide) groups is 1. The molecule has 4 heterocycles. The second-order valence-corrected chi connectivity index (χ2v) is 12.5. The zero-order valence-corrected chi connectivity index (χ0v) is 24.5. The van der Waals surface area contributed by atoms with Crippen LogP contribution in [0, 0.1) is 6.92 Å². The quantitative estimate of drug-likeness (QED) is 0.447. The van der Waals surface area contributed by atoms with Gasteiger partial charge < -0.3 is 14.4 Å². The number of rotatable bonds is 3. The van der Waals surface area contributed by atoms with Crippen LogP contribution in [0.1, 0.15) is 40.2 Å². The Hall–Kier alpha value is -3.05. The number of carbonyl (C=O) groups is 1. The van der Waals surface area contributed by atoms with Crippen LogP contribution < -0.4 is 15.3 Å². The second-order valence-electron chi connectivity index (χ2n) is 11.1. The highest BCUT2D eigenvalue weighted by Crippen LogP contribution is 2.41. The number of aromatic nitrogens is 4. The molecule has 1 amide bonds. The number of carbonyl (C=O) groups excluding carboxylic acids is 1. The van der Waals surface area contributed by atoms with Gasteiger partial charge in [0.2, 0.25) is 0 Å². The van der Waals surface area contributed by atoms with Crippen molar-refractivity contribution in [3.63, 3.8) is 0 Å². The average molecular weight is 573 g/mol. The van der Waals surface area contributed by atoms with E-state index in [1.807, 2.05) is 47.6 Å². The molecule has 0 saturated carbocycles. The average Bonchev–Trinajstić information content (AvgIpc) is 3.04. The monoisotopic (exact) mass is 572 g/mol. The van der Waals surface area contributed by atoms with Gasteiger partial charge in [0.1, 0.15) is 17.5 Å². The van der Waals surface area contributed by atoms with E-state index in [1.165, 1.54) is 0 Å². The van der Waals surface area contributed by atoms with Crippen LogP contribution in [0.3, 0.4) is 0 Å². The van der Waals surface area contributed by atoms with Crippen molar-refractivity contribution in [3.05, 3.63) is 45.6 Å². The molecule has 0 unspecified atom stereocenters. The van der Waals surface area contributed by atoms with Gasteiger partial charge in [-0.1, -0.05) is 11.6 Å². The standard InChI is InChI=1S/C27H33ClN6O4S/c1-15-10-19-21-22(20(15)28)39-14-18(37-24-29-8-7-9-30-24)13-33(21)25(35)31-23(19)32-11-16(2)34(17(3)12-32)26(36)38-27(4,5)6/h7-10,16-18H,11-14H2,1-6H3/t16-,17+,18-/m0/s1. The zero-order valence-electron chi connectivity index (χ0n) is 23.0. The fraction of sp³-hybridized carbons (Fsp3) is 0.519. The minimum absolute atomic E-state index is 0.149. The van der Waals surface area contributed by atoms with Crippen molar-refractivity contribution in [2.75, 3.05) is 23.7 Å². The molecule has 3 atom stereocenters. The summed E-state index contributed by atoms with van der Waals surface area (Å²) in [5.74, 6) is 1.16. The molecular weight excluding hydrogens is 540 g/mol. The van der Waals surface area contributed by atoms with E-state index in [-0.39, 0.29) is 36.0 Å². The predicted molar refractivity (Wildman–Crippen MR) is 152 cm³/mol. The number of nitrogens with zero attached hydrogens (tertiary/aromatic N) is 6. The van der Waals surface area contributed by atoms with E-state index in [4.69, 9.17) is 21.1 Å². The highest BCUT2D eigenvalue weighted by Gasteiger charge is 2.37. The molecule has 2 aliphatic rings. The maximum Gasteiger partial charge on any atom is 0.410 e. The largest absolute Gasteiger partial charge is 0.457 e. The topological polar surface area (TPSA) is 103 Å². The highest BCUT2D eigenvalue weighted by atomic mass is 35.5. The van der Waals surface area contributed by atoms with Gasteiger partial charge in [0.05, 0.1) is 34.1 Å². The lowest BCUT2D eigenvalue weighted by Gasteiger charge is -2.45. The van der Waals surface area contributed by atoms with Crippen molar-refractivity contribution in [2.24, 2.45) is 0 Å². The summed E-state index contributed by atoms with van der Waals surface area (Å²) in [6.45, 7) is 12.8. The van der Waals surface area contributed by atoms with Crippen LogP contribution in [0.5, 0.6) is 6.01 Å². The Morgan fingerprint density at radius 3 is 2.44 bits per heavy atom.